The van der Waals surface area contributed by atoms with E-state index in [0.717, 1.165) is 36.6 Å². The highest BCUT2D eigenvalue weighted by molar-refractivity contribution is 5.62. The highest BCUT2D eigenvalue weighted by Gasteiger charge is 2.25. The Balaban J connectivity index is 1.55. The number of likely N-dealkylation sites (tertiary alicyclic amines) is 1. The molecule has 166 valence electrons. The van der Waals surface area contributed by atoms with Crippen LogP contribution in [0.15, 0.2) is 36.4 Å². The van der Waals surface area contributed by atoms with Crippen molar-refractivity contribution < 1.29 is 9.47 Å². The zero-order valence-electron chi connectivity index (χ0n) is 18.6. The van der Waals surface area contributed by atoms with Gasteiger partial charge in [-0.05, 0) is 44.0 Å². The van der Waals surface area contributed by atoms with Gasteiger partial charge in [0, 0.05) is 38.7 Å². The number of methoxy groups -OCH3 is 1. The zero-order valence-corrected chi connectivity index (χ0v) is 18.6. The Morgan fingerprint density at radius 2 is 1.90 bits per heavy atom. The Labute approximate surface area is 184 Å². The minimum atomic E-state index is -0.156. The van der Waals surface area contributed by atoms with Crippen molar-refractivity contribution in [1.82, 2.24) is 14.9 Å². The Morgan fingerprint density at radius 3 is 2.65 bits per heavy atom. The molecule has 4 rings (SSSR count). The van der Waals surface area contributed by atoms with Crippen LogP contribution in [0.2, 0.25) is 0 Å². The van der Waals surface area contributed by atoms with Crippen LogP contribution in [0.4, 0.5) is 11.6 Å². The van der Waals surface area contributed by atoms with Gasteiger partial charge in [0.25, 0.3) is 0 Å². The molecule has 2 aliphatic rings. The van der Waals surface area contributed by atoms with Gasteiger partial charge in [-0.1, -0.05) is 36.4 Å². The molecule has 0 bridgehead atoms. The molecule has 0 radical (unpaired) electrons. The van der Waals surface area contributed by atoms with E-state index >= 15 is 0 Å². The average molecular weight is 424 g/mol. The Morgan fingerprint density at radius 1 is 1.16 bits per heavy atom. The molecule has 1 aromatic carbocycles. The summed E-state index contributed by atoms with van der Waals surface area (Å²) in [5.41, 5.74) is 10.9. The predicted octanol–water partition coefficient (Wildman–Crippen LogP) is 3.19. The molecule has 7 heteroatoms. The van der Waals surface area contributed by atoms with Crippen LogP contribution in [0.25, 0.3) is 0 Å². The fraction of sp³-hybridized carbons (Fsp3) is 0.500. The minimum absolute atomic E-state index is 0.156. The first kappa shape index (κ1) is 21.6. The Kier molecular flexibility index (Phi) is 6.73. The molecule has 1 aromatic heterocycles. The number of hydrogen-bond acceptors (Lipinski definition) is 7. The Bertz CT molecular complexity index is 926. The van der Waals surface area contributed by atoms with Crippen LogP contribution in [0.1, 0.15) is 36.5 Å². The van der Waals surface area contributed by atoms with Crippen molar-refractivity contribution in [2.75, 3.05) is 44.0 Å². The van der Waals surface area contributed by atoms with Gasteiger partial charge < -0.3 is 20.1 Å². The summed E-state index contributed by atoms with van der Waals surface area (Å²) in [7, 11) is 1.65. The quantitative estimate of drug-likeness (QED) is 0.654. The van der Waals surface area contributed by atoms with Crippen LogP contribution in [0.3, 0.4) is 0 Å². The summed E-state index contributed by atoms with van der Waals surface area (Å²) in [6.45, 7) is 11.5. The summed E-state index contributed by atoms with van der Waals surface area (Å²) in [4.78, 5) is 13.8. The van der Waals surface area contributed by atoms with Gasteiger partial charge in [0.05, 0.1) is 6.61 Å². The van der Waals surface area contributed by atoms with E-state index in [0.29, 0.717) is 24.9 Å². The SMILES string of the molecule is C=C1Cc2c(N)nc(O[C@@H](C)COC)nc2N(Cc2cccc(CN3CCCC3)c2)C1. The topological polar surface area (TPSA) is 76.7 Å². The number of aromatic nitrogens is 2. The van der Waals surface area contributed by atoms with Gasteiger partial charge in [0.15, 0.2) is 0 Å². The fourth-order valence-corrected chi connectivity index (χ4v) is 4.43. The van der Waals surface area contributed by atoms with E-state index in [9.17, 15) is 0 Å². The molecule has 1 fully saturated rings. The number of benzene rings is 1. The zero-order chi connectivity index (χ0) is 21.8. The summed E-state index contributed by atoms with van der Waals surface area (Å²) in [5.74, 6) is 1.29. The van der Waals surface area contributed by atoms with Crippen molar-refractivity contribution in [2.24, 2.45) is 0 Å². The van der Waals surface area contributed by atoms with Crippen LogP contribution in [-0.2, 0) is 24.2 Å². The predicted molar refractivity (Wildman–Crippen MR) is 123 cm³/mol. The van der Waals surface area contributed by atoms with Gasteiger partial charge in [-0.2, -0.15) is 9.97 Å². The van der Waals surface area contributed by atoms with Crippen LogP contribution in [0, 0.1) is 0 Å². The molecule has 0 amide bonds. The number of hydrogen-bond donors (Lipinski definition) is 1. The molecule has 2 N–H and O–H groups in total. The molecule has 0 spiro atoms. The van der Waals surface area contributed by atoms with E-state index in [4.69, 9.17) is 20.2 Å². The number of nitrogens with zero attached hydrogens (tertiary/aromatic N) is 4. The number of fused-ring (bicyclic) bond motifs is 1. The standard InChI is InChI=1S/C24H33N5O2/c1-17-11-21-22(25)26-24(31-18(2)16-30-3)27-23(21)29(13-17)15-20-8-6-7-19(12-20)14-28-9-4-5-10-28/h6-8,12,18H,1,4-5,9-11,13-16H2,2-3H3,(H2,25,26,27)/t18-/m0/s1. The molecule has 0 saturated carbocycles. The molecule has 3 heterocycles. The van der Waals surface area contributed by atoms with Gasteiger partial charge in [0.1, 0.15) is 17.7 Å². The molecule has 2 aliphatic heterocycles. The third-order valence-electron chi connectivity index (χ3n) is 5.82. The smallest absolute Gasteiger partial charge is 0.320 e. The second kappa shape index (κ2) is 9.66. The van der Waals surface area contributed by atoms with Gasteiger partial charge in [0.2, 0.25) is 0 Å². The second-order valence-corrected chi connectivity index (χ2v) is 8.66. The van der Waals surface area contributed by atoms with Crippen molar-refractivity contribution in [3.63, 3.8) is 0 Å². The molecule has 2 aromatic rings. The molecule has 7 nitrogen and oxygen atoms in total. The lowest BCUT2D eigenvalue weighted by atomic mass is 10.0. The van der Waals surface area contributed by atoms with Crippen LogP contribution < -0.4 is 15.4 Å². The van der Waals surface area contributed by atoms with Gasteiger partial charge in [-0.3, -0.25) is 4.90 Å². The summed E-state index contributed by atoms with van der Waals surface area (Å²) >= 11 is 0. The van der Waals surface area contributed by atoms with E-state index < -0.39 is 0 Å². The maximum absolute atomic E-state index is 6.29. The molecular weight excluding hydrogens is 390 g/mol. The first-order chi connectivity index (χ1) is 15.0. The van der Waals surface area contributed by atoms with Gasteiger partial charge >= 0.3 is 6.01 Å². The number of ether oxygens (including phenoxy) is 2. The lowest BCUT2D eigenvalue weighted by molar-refractivity contribution is 0.0856. The third-order valence-corrected chi connectivity index (χ3v) is 5.82. The van der Waals surface area contributed by atoms with Crippen LogP contribution in [-0.4, -0.2) is 54.3 Å². The number of nitrogen functional groups attached to an aromatic ring is 1. The van der Waals surface area contributed by atoms with Crippen molar-refractivity contribution in [3.05, 3.63) is 53.1 Å². The van der Waals surface area contributed by atoms with Crippen molar-refractivity contribution in [1.29, 1.82) is 0 Å². The van der Waals surface area contributed by atoms with Gasteiger partial charge in [-0.15, -0.1) is 0 Å². The number of rotatable bonds is 8. The summed E-state index contributed by atoms with van der Waals surface area (Å²) < 4.78 is 11.0. The van der Waals surface area contributed by atoms with Gasteiger partial charge in [-0.25, -0.2) is 0 Å². The molecule has 31 heavy (non-hydrogen) atoms. The summed E-state index contributed by atoms with van der Waals surface area (Å²) in [6, 6.07) is 9.13. The van der Waals surface area contributed by atoms with E-state index in [1.807, 2.05) is 6.92 Å². The normalized spacial score (nSPS) is 17.6. The molecular formula is C24H33N5O2. The fourth-order valence-electron chi connectivity index (χ4n) is 4.43. The lowest BCUT2D eigenvalue weighted by Crippen LogP contribution is -2.32. The summed E-state index contributed by atoms with van der Waals surface area (Å²) in [5, 5.41) is 0. The minimum Gasteiger partial charge on any atom is -0.458 e. The monoisotopic (exact) mass is 423 g/mol. The second-order valence-electron chi connectivity index (χ2n) is 8.66. The molecule has 0 aliphatic carbocycles. The van der Waals surface area contributed by atoms with Crippen molar-refractivity contribution >= 4 is 11.6 Å². The highest BCUT2D eigenvalue weighted by Crippen LogP contribution is 2.33. The molecule has 1 atom stereocenters. The maximum atomic E-state index is 6.29. The number of anilines is 2. The van der Waals surface area contributed by atoms with Crippen LogP contribution in [0.5, 0.6) is 6.01 Å². The highest BCUT2D eigenvalue weighted by atomic mass is 16.5. The van der Waals surface area contributed by atoms with E-state index in [1.165, 1.54) is 37.1 Å². The largest absolute Gasteiger partial charge is 0.458 e. The Hall–Kier alpha value is -2.64. The molecule has 0 unspecified atom stereocenters. The third kappa shape index (κ3) is 5.35. The molecule has 1 saturated heterocycles. The first-order valence-corrected chi connectivity index (χ1v) is 11.1. The van der Waals surface area contributed by atoms with E-state index in [-0.39, 0.29) is 6.10 Å². The average Bonchev–Trinajstić information content (AvgIpc) is 3.22. The maximum Gasteiger partial charge on any atom is 0.320 e. The van der Waals surface area contributed by atoms with Crippen molar-refractivity contribution in [3.8, 4) is 6.01 Å². The first-order valence-electron chi connectivity index (χ1n) is 11.1. The van der Waals surface area contributed by atoms with E-state index in [2.05, 4.69) is 45.6 Å². The van der Waals surface area contributed by atoms with Crippen molar-refractivity contribution in [2.45, 2.75) is 45.4 Å². The van der Waals surface area contributed by atoms with E-state index in [1.54, 1.807) is 7.11 Å². The summed E-state index contributed by atoms with van der Waals surface area (Å²) in [6.07, 6.45) is 3.15. The van der Waals surface area contributed by atoms with Crippen LogP contribution >= 0.6 is 0 Å². The number of nitrogens with two attached hydrogens (primary N) is 1. The lowest BCUT2D eigenvalue weighted by Gasteiger charge is -2.32.